The molecule has 0 unspecified atom stereocenters. The van der Waals surface area contributed by atoms with Gasteiger partial charge in [-0.2, -0.15) is 0 Å². The van der Waals surface area contributed by atoms with Crippen molar-refractivity contribution in [3.05, 3.63) is 95.1 Å². The molecule has 0 heterocycles. The summed E-state index contributed by atoms with van der Waals surface area (Å²) in [5.41, 5.74) is 10.4. The van der Waals surface area contributed by atoms with E-state index in [4.69, 9.17) is 0 Å². The summed E-state index contributed by atoms with van der Waals surface area (Å²) in [6.07, 6.45) is 0. The summed E-state index contributed by atoms with van der Waals surface area (Å²) >= 11 is 0. The Hall–Kier alpha value is -2.86. The molecule has 0 aliphatic rings. The second kappa shape index (κ2) is 6.46. The predicted molar refractivity (Wildman–Crippen MR) is 114 cm³/mol. The monoisotopic (exact) mass is 336 g/mol. The third kappa shape index (κ3) is 3.15. The van der Waals surface area contributed by atoms with E-state index in [1.54, 1.807) is 0 Å². The molecule has 4 aromatic carbocycles. The minimum Gasteiger partial charge on any atom is -0.0610 e. The van der Waals surface area contributed by atoms with Gasteiger partial charge < -0.3 is 0 Å². The van der Waals surface area contributed by atoms with E-state index in [2.05, 4.69) is 100 Å². The maximum atomic E-state index is 2.32. The van der Waals surface area contributed by atoms with Crippen molar-refractivity contribution < 1.29 is 0 Å². The number of rotatable bonds is 2. The van der Waals surface area contributed by atoms with Gasteiger partial charge in [-0.05, 0) is 66.8 Å². The minimum absolute atomic E-state index is 1.28. The molecule has 0 atom stereocenters. The summed E-state index contributed by atoms with van der Waals surface area (Å²) in [6, 6.07) is 27.0. The van der Waals surface area contributed by atoms with Crippen molar-refractivity contribution in [2.75, 3.05) is 0 Å². The largest absolute Gasteiger partial charge is 0.0610 e. The molecule has 0 N–H and O–H groups in total. The molecule has 26 heavy (non-hydrogen) atoms. The molecule has 0 saturated heterocycles. The lowest BCUT2D eigenvalue weighted by Gasteiger charge is -2.11. The number of hydrogen-bond donors (Lipinski definition) is 0. The fraction of sp³-hybridized carbons (Fsp3) is 0.154. The highest BCUT2D eigenvalue weighted by atomic mass is 14.1. The van der Waals surface area contributed by atoms with Gasteiger partial charge in [0.1, 0.15) is 0 Å². The van der Waals surface area contributed by atoms with Crippen molar-refractivity contribution in [3.63, 3.8) is 0 Å². The fourth-order valence-corrected chi connectivity index (χ4v) is 3.99. The molecule has 4 rings (SSSR count). The third-order valence-corrected chi connectivity index (χ3v) is 4.97. The molecule has 0 spiro atoms. The first kappa shape index (κ1) is 16.6. The highest BCUT2D eigenvalue weighted by Gasteiger charge is 2.07. The van der Waals surface area contributed by atoms with E-state index >= 15 is 0 Å². The zero-order chi connectivity index (χ0) is 18.3. The van der Waals surface area contributed by atoms with Gasteiger partial charge in [0, 0.05) is 0 Å². The van der Waals surface area contributed by atoms with Crippen molar-refractivity contribution in [2.24, 2.45) is 0 Å². The Labute approximate surface area is 156 Å². The Kier molecular flexibility index (Phi) is 4.12. The fourth-order valence-electron chi connectivity index (χ4n) is 3.99. The molecule has 0 bridgehead atoms. The van der Waals surface area contributed by atoms with Gasteiger partial charge in [-0.25, -0.2) is 0 Å². The minimum atomic E-state index is 1.28. The van der Waals surface area contributed by atoms with Crippen LogP contribution in [-0.4, -0.2) is 0 Å². The molecule has 0 saturated carbocycles. The summed E-state index contributed by atoms with van der Waals surface area (Å²) < 4.78 is 0. The molecule has 0 aliphatic heterocycles. The van der Waals surface area contributed by atoms with Crippen molar-refractivity contribution in [3.8, 4) is 22.3 Å². The van der Waals surface area contributed by atoms with Crippen LogP contribution in [0.5, 0.6) is 0 Å². The van der Waals surface area contributed by atoms with Gasteiger partial charge >= 0.3 is 0 Å². The smallest absolute Gasteiger partial charge is 0.0105 e. The standard InChI is InChI=1S/C26H24/c1-17-10-18(2)13-23(12-17)21-8-9-26-22(16-21)6-5-7-25(26)24-14-19(3)11-20(4)15-24/h5-16H,1-4H3. The first-order chi connectivity index (χ1) is 12.5. The van der Waals surface area contributed by atoms with Gasteiger partial charge in [-0.3, -0.25) is 0 Å². The van der Waals surface area contributed by atoms with Gasteiger partial charge in [0.2, 0.25) is 0 Å². The molecule has 0 fully saturated rings. The lowest BCUT2D eigenvalue weighted by atomic mass is 9.93. The van der Waals surface area contributed by atoms with E-state index in [0.29, 0.717) is 0 Å². The summed E-state index contributed by atoms with van der Waals surface area (Å²) in [7, 11) is 0. The lowest BCUT2D eigenvalue weighted by molar-refractivity contribution is 1.38. The summed E-state index contributed by atoms with van der Waals surface area (Å²) in [5.74, 6) is 0. The molecule has 0 radical (unpaired) electrons. The molecule has 0 heteroatoms. The molecule has 0 aromatic heterocycles. The topological polar surface area (TPSA) is 0 Å². The summed E-state index contributed by atoms with van der Waals surface area (Å²) in [6.45, 7) is 8.66. The van der Waals surface area contributed by atoms with Gasteiger partial charge in [0.05, 0.1) is 0 Å². The van der Waals surface area contributed by atoms with E-state index in [1.165, 1.54) is 55.3 Å². The SMILES string of the molecule is Cc1cc(C)cc(-c2ccc3c(-c4cc(C)cc(C)c4)cccc3c2)c1. The van der Waals surface area contributed by atoms with E-state index in [-0.39, 0.29) is 0 Å². The summed E-state index contributed by atoms with van der Waals surface area (Å²) in [5, 5.41) is 2.60. The molecular formula is C26H24. The third-order valence-electron chi connectivity index (χ3n) is 4.97. The van der Waals surface area contributed by atoms with E-state index in [0.717, 1.165) is 0 Å². The van der Waals surface area contributed by atoms with E-state index in [1.807, 2.05) is 0 Å². The summed E-state index contributed by atoms with van der Waals surface area (Å²) in [4.78, 5) is 0. The molecule has 0 aliphatic carbocycles. The van der Waals surface area contributed by atoms with Gasteiger partial charge in [0.25, 0.3) is 0 Å². The predicted octanol–water partition coefficient (Wildman–Crippen LogP) is 7.41. The van der Waals surface area contributed by atoms with Crippen LogP contribution >= 0.6 is 0 Å². The first-order valence-corrected chi connectivity index (χ1v) is 9.20. The van der Waals surface area contributed by atoms with Crippen molar-refractivity contribution in [2.45, 2.75) is 27.7 Å². The number of hydrogen-bond acceptors (Lipinski definition) is 0. The molecule has 4 aromatic rings. The number of fused-ring (bicyclic) bond motifs is 1. The number of aryl methyl sites for hydroxylation is 4. The quantitative estimate of drug-likeness (QED) is 0.357. The van der Waals surface area contributed by atoms with Crippen molar-refractivity contribution in [1.29, 1.82) is 0 Å². The van der Waals surface area contributed by atoms with Crippen LogP contribution in [0.2, 0.25) is 0 Å². The zero-order valence-corrected chi connectivity index (χ0v) is 15.9. The van der Waals surface area contributed by atoms with E-state index in [9.17, 15) is 0 Å². The van der Waals surface area contributed by atoms with Crippen molar-refractivity contribution in [1.82, 2.24) is 0 Å². The number of benzene rings is 4. The second-order valence-corrected chi connectivity index (χ2v) is 7.49. The van der Waals surface area contributed by atoms with Crippen LogP contribution in [0.25, 0.3) is 33.0 Å². The molecule has 128 valence electrons. The maximum Gasteiger partial charge on any atom is -0.0105 e. The van der Waals surface area contributed by atoms with Crippen LogP contribution in [0.4, 0.5) is 0 Å². The first-order valence-electron chi connectivity index (χ1n) is 9.20. The highest BCUT2D eigenvalue weighted by molar-refractivity contribution is 5.98. The van der Waals surface area contributed by atoms with Crippen LogP contribution < -0.4 is 0 Å². The highest BCUT2D eigenvalue weighted by Crippen LogP contribution is 2.33. The zero-order valence-electron chi connectivity index (χ0n) is 15.9. The van der Waals surface area contributed by atoms with Crippen LogP contribution in [0, 0.1) is 27.7 Å². The average molecular weight is 336 g/mol. The van der Waals surface area contributed by atoms with Gasteiger partial charge in [-0.1, -0.05) is 89.0 Å². The van der Waals surface area contributed by atoms with Crippen LogP contribution in [0.3, 0.4) is 0 Å². The Morgan fingerprint density at radius 3 is 1.65 bits per heavy atom. The average Bonchev–Trinajstić information content (AvgIpc) is 2.59. The Morgan fingerprint density at radius 1 is 0.462 bits per heavy atom. The van der Waals surface area contributed by atoms with Crippen LogP contribution in [-0.2, 0) is 0 Å². The van der Waals surface area contributed by atoms with Gasteiger partial charge in [0.15, 0.2) is 0 Å². The Bertz CT molecular complexity index is 1080. The molecule has 0 nitrogen and oxygen atoms in total. The molecule has 0 amide bonds. The van der Waals surface area contributed by atoms with Crippen LogP contribution in [0.15, 0.2) is 72.8 Å². The second-order valence-electron chi connectivity index (χ2n) is 7.49. The van der Waals surface area contributed by atoms with Crippen molar-refractivity contribution >= 4 is 10.8 Å². The van der Waals surface area contributed by atoms with E-state index < -0.39 is 0 Å². The van der Waals surface area contributed by atoms with Crippen LogP contribution in [0.1, 0.15) is 22.3 Å². The Balaban J connectivity index is 1.88. The Morgan fingerprint density at radius 2 is 1.04 bits per heavy atom. The normalized spacial score (nSPS) is 11.1. The maximum absolute atomic E-state index is 2.32. The van der Waals surface area contributed by atoms with Gasteiger partial charge in [-0.15, -0.1) is 0 Å². The molecular weight excluding hydrogens is 312 g/mol. The lowest BCUT2D eigenvalue weighted by Crippen LogP contribution is -1.87.